The Morgan fingerprint density at radius 3 is 1.15 bits per heavy atom. The number of aromatic carboxylic acids is 1. The van der Waals surface area contributed by atoms with Crippen LogP contribution >= 0.6 is 0 Å². The van der Waals surface area contributed by atoms with E-state index in [0.29, 0.717) is 72.1 Å². The topological polar surface area (TPSA) is 381 Å². The van der Waals surface area contributed by atoms with Crippen LogP contribution in [0.3, 0.4) is 0 Å². The molecule has 6 aliphatic heterocycles. The molecule has 2 unspecified atom stereocenters. The summed E-state index contributed by atoms with van der Waals surface area (Å²) in [6.45, 7) is 6.89. The number of carboxylic acids is 1. The summed E-state index contributed by atoms with van der Waals surface area (Å²) in [7, 11) is -6.79. The van der Waals surface area contributed by atoms with E-state index in [-0.39, 0.29) is 103 Å². The second-order valence-corrected chi connectivity index (χ2v) is 24.6. The molecule has 3 atom stereocenters. The normalized spacial score (nSPS) is 19.7. The average molecular weight is 1260 g/mol. The molecule has 33 heteroatoms. The first-order valence-corrected chi connectivity index (χ1v) is 30.8. The summed E-state index contributed by atoms with van der Waals surface area (Å²) < 4.78 is 111. The third kappa shape index (κ3) is 15.2. The largest absolute Gasteiger partial charge is 0.478 e. The first kappa shape index (κ1) is 65.0. The average Bonchev–Trinajstić information content (AvgIpc) is 1.74. The quantitative estimate of drug-likeness (QED) is 0.0883. The number of aromatic nitrogens is 3. The Kier molecular flexibility index (Phi) is 21.8. The van der Waals surface area contributed by atoms with Crippen LogP contribution in [0.5, 0.6) is 0 Å². The van der Waals surface area contributed by atoms with Crippen LogP contribution in [0.25, 0.3) is 0 Å². The van der Waals surface area contributed by atoms with E-state index >= 15 is 0 Å². The number of hydrogen-bond donors (Lipinski definition) is 7. The number of carboxylic acid groups (broad SMARTS) is 1. The van der Waals surface area contributed by atoms with Crippen molar-refractivity contribution in [1.82, 2.24) is 22.6 Å². The predicted octanol–water partition coefficient (Wildman–Crippen LogP) is 0.827. The van der Waals surface area contributed by atoms with E-state index in [0.717, 1.165) is 44.2 Å². The number of hydrogen-bond acceptors (Lipinski definition) is 19. The summed E-state index contributed by atoms with van der Waals surface area (Å²) in [5.41, 5.74) is 5.82. The number of carbonyl (C=O) groups excluding carboxylic acids is 5. The zero-order valence-corrected chi connectivity index (χ0v) is 48.2. The fraction of sp³-hybridized carbons (Fsp3) is 0.333. The number of nitrogens with zero attached hydrogens (tertiary/aromatic N) is 3. The Balaban J connectivity index is 0.000000157. The molecule has 87 heavy (non-hydrogen) atoms. The Bertz CT molecular complexity index is 3690. The van der Waals surface area contributed by atoms with Gasteiger partial charge in [-0.05, 0) is 117 Å². The van der Waals surface area contributed by atoms with E-state index in [1.165, 1.54) is 104 Å². The molecule has 3 aromatic carbocycles. The molecular formula is C54H62B2N9O19S3-. The van der Waals surface area contributed by atoms with Crippen LogP contribution in [-0.2, 0) is 58.5 Å². The summed E-state index contributed by atoms with van der Waals surface area (Å²) in [6, 6.07) is 20.3. The van der Waals surface area contributed by atoms with Gasteiger partial charge in [0.15, 0.2) is 0 Å². The number of anilines is 3. The zero-order valence-electron chi connectivity index (χ0n) is 45.7. The van der Waals surface area contributed by atoms with Crippen molar-refractivity contribution in [3.05, 3.63) is 143 Å². The second-order valence-electron chi connectivity index (χ2n) is 19.3. The number of amides is 5. The lowest BCUT2D eigenvalue weighted by Crippen LogP contribution is -2.33. The van der Waals surface area contributed by atoms with Gasteiger partial charge in [0.25, 0.3) is 59.6 Å². The van der Waals surface area contributed by atoms with Crippen molar-refractivity contribution >= 4 is 98.1 Å². The molecule has 3 saturated heterocycles. The SMILES string of the molecule is NCCC1COCCO1.O=C(NCCC1COCCO1)c1ccc2c(c1)NC(=O)c1cccn1S2(=O)=O.O=C(NCC[C@@H]1COCCO1)c1ccc2c(c1)NC(=O)c1cccn1S2(=O)=O.O=C(O)c1ccc2c(c1)NC(=O)c1cccn1S2(=O)=O.[B][BH3-]. The molecule has 12 rings (SSSR count). The molecular weight excluding hydrogens is 1200 g/mol. The second kappa shape index (κ2) is 29.1. The summed E-state index contributed by atoms with van der Waals surface area (Å²) in [5, 5.41) is 22.0. The summed E-state index contributed by atoms with van der Waals surface area (Å²) in [5.74, 6) is -3.66. The maximum Gasteiger partial charge on any atom is 0.335 e. The van der Waals surface area contributed by atoms with Gasteiger partial charge in [0.05, 0.1) is 100 Å². The lowest BCUT2D eigenvalue weighted by Gasteiger charge is -2.22. The Morgan fingerprint density at radius 1 is 0.517 bits per heavy atom. The first-order valence-electron chi connectivity index (χ1n) is 26.5. The van der Waals surface area contributed by atoms with E-state index in [9.17, 15) is 54.0 Å². The molecule has 0 saturated carbocycles. The molecule has 0 bridgehead atoms. The van der Waals surface area contributed by atoms with Crippen molar-refractivity contribution in [1.29, 1.82) is 0 Å². The van der Waals surface area contributed by atoms with Gasteiger partial charge in [-0.3, -0.25) is 24.0 Å². The molecule has 6 aliphatic rings. The van der Waals surface area contributed by atoms with Gasteiger partial charge in [-0.25, -0.2) is 42.0 Å². The van der Waals surface area contributed by atoms with E-state index < -0.39 is 53.8 Å². The molecule has 2 radical (unpaired) electrons. The van der Waals surface area contributed by atoms with E-state index in [1.807, 2.05) is 0 Å². The van der Waals surface area contributed by atoms with Crippen LogP contribution in [0.2, 0.25) is 0 Å². The van der Waals surface area contributed by atoms with E-state index in [4.69, 9.17) is 47.0 Å². The fourth-order valence-corrected chi connectivity index (χ4v) is 13.7. The molecule has 0 spiro atoms. The number of rotatable bonds is 11. The third-order valence-electron chi connectivity index (χ3n) is 13.5. The number of fused-ring (bicyclic) bond motifs is 6. The molecule has 8 N–H and O–H groups in total. The van der Waals surface area contributed by atoms with Crippen molar-refractivity contribution in [2.75, 3.05) is 95.0 Å². The van der Waals surface area contributed by atoms with Crippen LogP contribution < -0.4 is 32.3 Å². The van der Waals surface area contributed by atoms with Crippen LogP contribution in [0.15, 0.2) is 124 Å². The predicted molar refractivity (Wildman–Crippen MR) is 316 cm³/mol. The standard InChI is InChI=1S/2C18H19N3O6S.C12H8N2O5S.C6H13NO2.B2H3/c2*22-17(19-6-5-13-11-26-8-9-27-13)12-3-4-16-14(10-12)20-18(23)15-2-1-7-21(15)28(16,24)25;15-11-9-2-1-5-14(9)20(18,19)10-4-3-7(12(16)17)6-8(10)13-11;7-2-1-6-5-8-3-4-9-6;1-2/h2*1-4,7,10,13H,5-6,8-9,11H2,(H,19,22)(H,20,23);1-6H,(H,13,15)(H,16,17);6H,1-5,7H2;1H3/q;;;;-1/t13-;;;;/m1..../s1. The van der Waals surface area contributed by atoms with Gasteiger partial charge in [-0.2, -0.15) is 7.74 Å². The lowest BCUT2D eigenvalue weighted by molar-refractivity contribution is -0.0900. The maximum atomic E-state index is 12.8. The lowest BCUT2D eigenvalue weighted by atomic mass is 9.81. The smallest absolute Gasteiger partial charge is 0.335 e. The van der Waals surface area contributed by atoms with Crippen molar-refractivity contribution in [3.8, 4) is 0 Å². The molecule has 3 fully saturated rings. The van der Waals surface area contributed by atoms with Gasteiger partial charge in [-0.15, -0.1) is 0 Å². The minimum Gasteiger partial charge on any atom is -0.478 e. The van der Waals surface area contributed by atoms with Crippen molar-refractivity contribution in [2.24, 2.45) is 5.73 Å². The molecule has 3 aromatic heterocycles. The summed E-state index contributed by atoms with van der Waals surface area (Å²) in [4.78, 5) is 72.1. The molecule has 6 aromatic rings. The number of nitrogens with one attached hydrogen (secondary N) is 5. The first-order chi connectivity index (χ1) is 41.8. The number of ether oxygens (including phenoxy) is 6. The van der Waals surface area contributed by atoms with Gasteiger partial charge in [0.1, 0.15) is 31.8 Å². The monoisotopic (exact) mass is 1260 g/mol. The van der Waals surface area contributed by atoms with E-state index in [2.05, 4.69) is 26.6 Å². The van der Waals surface area contributed by atoms with E-state index in [1.54, 1.807) is 0 Å². The van der Waals surface area contributed by atoms with Gasteiger partial charge >= 0.3 is 5.97 Å². The van der Waals surface area contributed by atoms with Crippen molar-refractivity contribution < 1.29 is 87.5 Å². The van der Waals surface area contributed by atoms with Crippen LogP contribution in [0, 0.1) is 0 Å². The highest BCUT2D eigenvalue weighted by molar-refractivity contribution is 7.90. The van der Waals surface area contributed by atoms with Crippen molar-refractivity contribution in [2.45, 2.75) is 52.3 Å². The highest BCUT2D eigenvalue weighted by Crippen LogP contribution is 2.33. The minimum atomic E-state index is -3.93. The molecule has 0 aliphatic carbocycles. The number of nitrogens with two attached hydrogens (primary N) is 1. The van der Waals surface area contributed by atoms with Crippen LogP contribution in [0.4, 0.5) is 17.1 Å². The minimum absolute atomic E-state index is 0.0110. The Hall–Kier alpha value is -7.98. The molecule has 9 heterocycles. The van der Waals surface area contributed by atoms with Crippen molar-refractivity contribution in [3.63, 3.8) is 0 Å². The van der Waals surface area contributed by atoms with Crippen LogP contribution in [0.1, 0.15) is 81.8 Å². The Morgan fingerprint density at radius 2 is 0.839 bits per heavy atom. The molecule has 28 nitrogen and oxygen atoms in total. The highest BCUT2D eigenvalue weighted by Gasteiger charge is 2.34. The summed E-state index contributed by atoms with van der Waals surface area (Å²) >= 11 is 0. The maximum absolute atomic E-state index is 12.8. The molecule has 462 valence electrons. The Labute approximate surface area is 502 Å². The van der Waals surface area contributed by atoms with Gasteiger partial charge in [-0.1, -0.05) is 7.74 Å². The molecule has 5 amide bonds. The number of carbonyl (C=O) groups is 6. The third-order valence-corrected chi connectivity index (χ3v) is 18.8. The summed E-state index contributed by atoms with van der Waals surface area (Å²) in [6.07, 6.45) is 6.18. The van der Waals surface area contributed by atoms with Gasteiger partial charge < -0.3 is 65.8 Å². The fourth-order valence-electron chi connectivity index (χ4n) is 9.30. The zero-order chi connectivity index (χ0) is 62.5. The van der Waals surface area contributed by atoms with Gasteiger partial charge in [0, 0.05) is 42.8 Å². The van der Waals surface area contributed by atoms with Crippen LogP contribution in [-0.4, -0.2) is 191 Å². The highest BCUT2D eigenvalue weighted by atomic mass is 32.2. The van der Waals surface area contributed by atoms with Gasteiger partial charge in [0.2, 0.25) is 0 Å². The number of benzene rings is 3.